The summed E-state index contributed by atoms with van der Waals surface area (Å²) in [5, 5.41) is 0.303. The third-order valence-corrected chi connectivity index (χ3v) is 4.45. The van der Waals surface area contributed by atoms with Gasteiger partial charge in [-0.2, -0.15) is 13.2 Å². The van der Waals surface area contributed by atoms with Gasteiger partial charge in [0.05, 0.1) is 18.6 Å². The number of hydrogen-bond donors (Lipinski definition) is 2. The Hall–Kier alpha value is -1.96. The van der Waals surface area contributed by atoms with Gasteiger partial charge in [-0.1, -0.05) is 18.0 Å². The lowest BCUT2D eigenvalue weighted by atomic mass is 9.80. The molecule has 2 atom stereocenters. The molecule has 1 fully saturated rings. The number of amides is 2. The molecule has 0 aliphatic heterocycles. The Morgan fingerprint density at radius 2 is 1.96 bits per heavy atom. The van der Waals surface area contributed by atoms with E-state index in [0.29, 0.717) is 17.9 Å². The zero-order valence-electron chi connectivity index (χ0n) is 13.5. The van der Waals surface area contributed by atoms with Crippen LogP contribution in [0.2, 0.25) is 5.02 Å². The van der Waals surface area contributed by atoms with E-state index in [1.54, 1.807) is 0 Å². The van der Waals surface area contributed by atoms with E-state index in [9.17, 15) is 22.8 Å². The fourth-order valence-electron chi connectivity index (χ4n) is 2.87. The highest BCUT2D eigenvalue weighted by Gasteiger charge is 2.43. The summed E-state index contributed by atoms with van der Waals surface area (Å²) in [6, 6.07) is 4.39. The summed E-state index contributed by atoms with van der Waals surface area (Å²) >= 11 is 5.83. The van der Waals surface area contributed by atoms with Crippen LogP contribution in [-0.4, -0.2) is 25.1 Å². The molecule has 25 heavy (non-hydrogen) atoms. The maximum atomic E-state index is 12.8. The maximum Gasteiger partial charge on any atom is 0.391 e. The largest absolute Gasteiger partial charge is 0.496 e. The molecule has 5 nitrogen and oxygen atoms in total. The van der Waals surface area contributed by atoms with E-state index in [-0.39, 0.29) is 24.2 Å². The second-order valence-electron chi connectivity index (χ2n) is 5.89. The van der Waals surface area contributed by atoms with Gasteiger partial charge in [0.1, 0.15) is 5.75 Å². The van der Waals surface area contributed by atoms with Gasteiger partial charge in [-0.05, 0) is 37.5 Å². The first-order chi connectivity index (χ1) is 11.7. The lowest BCUT2D eigenvalue weighted by molar-refractivity contribution is -0.186. The number of halogens is 4. The third kappa shape index (κ3) is 5.01. The fraction of sp³-hybridized carbons (Fsp3) is 0.500. The summed E-state index contributed by atoms with van der Waals surface area (Å²) in [6.45, 7) is 0. The molecule has 0 saturated heterocycles. The van der Waals surface area contributed by atoms with Crippen LogP contribution in [0.15, 0.2) is 18.2 Å². The maximum absolute atomic E-state index is 12.8. The molecule has 1 aliphatic rings. The van der Waals surface area contributed by atoms with Crippen molar-refractivity contribution in [1.82, 2.24) is 10.9 Å². The van der Waals surface area contributed by atoms with E-state index in [1.807, 2.05) is 0 Å². The van der Waals surface area contributed by atoms with Crippen molar-refractivity contribution in [2.24, 2.45) is 11.8 Å². The lowest BCUT2D eigenvalue weighted by Crippen LogP contribution is -2.46. The number of hydrogen-bond acceptors (Lipinski definition) is 3. The second-order valence-corrected chi connectivity index (χ2v) is 6.33. The van der Waals surface area contributed by atoms with E-state index in [2.05, 4.69) is 10.9 Å². The van der Waals surface area contributed by atoms with Crippen LogP contribution < -0.4 is 15.6 Å². The van der Waals surface area contributed by atoms with E-state index in [1.165, 1.54) is 25.3 Å². The Kier molecular flexibility index (Phi) is 6.16. The summed E-state index contributed by atoms with van der Waals surface area (Å²) in [6.07, 6.45) is -3.88. The van der Waals surface area contributed by atoms with Crippen molar-refractivity contribution in [2.75, 3.05) is 7.11 Å². The normalized spacial score (nSPS) is 20.7. The highest BCUT2D eigenvalue weighted by atomic mass is 35.5. The second kappa shape index (κ2) is 7.95. The fourth-order valence-corrected chi connectivity index (χ4v) is 3.04. The molecule has 0 bridgehead atoms. The van der Waals surface area contributed by atoms with Crippen LogP contribution in [0.4, 0.5) is 13.2 Å². The molecule has 1 saturated carbocycles. The molecule has 138 valence electrons. The molecule has 0 spiro atoms. The minimum absolute atomic E-state index is 0.0271. The molecule has 0 unspecified atom stereocenters. The highest BCUT2D eigenvalue weighted by Crippen LogP contribution is 2.39. The van der Waals surface area contributed by atoms with E-state index >= 15 is 0 Å². The van der Waals surface area contributed by atoms with Gasteiger partial charge in [0.2, 0.25) is 5.91 Å². The number of ether oxygens (including phenoxy) is 1. The molecule has 1 aromatic carbocycles. The van der Waals surface area contributed by atoms with Crippen LogP contribution in [-0.2, 0) is 4.79 Å². The molecule has 2 rings (SSSR count). The Balaban J connectivity index is 1.96. The Morgan fingerprint density at radius 1 is 1.24 bits per heavy atom. The molecule has 1 aromatic rings. The summed E-state index contributed by atoms with van der Waals surface area (Å²) < 4.78 is 43.5. The van der Waals surface area contributed by atoms with Gasteiger partial charge in [0.15, 0.2) is 0 Å². The zero-order valence-corrected chi connectivity index (χ0v) is 14.2. The molecule has 1 aliphatic carbocycles. The number of rotatable bonds is 3. The SMILES string of the molecule is COc1ccc(Cl)cc1C(=O)NNC(=O)[C@H]1CCC[C@H](C(F)(F)F)C1. The van der Waals surface area contributed by atoms with Crippen LogP contribution in [0.1, 0.15) is 36.0 Å². The molecule has 2 N–H and O–H groups in total. The quantitative estimate of drug-likeness (QED) is 0.791. The molecular formula is C16H18ClF3N2O3. The van der Waals surface area contributed by atoms with E-state index < -0.39 is 29.8 Å². The Bertz CT molecular complexity index is 652. The standard InChI is InChI=1S/C16H18ClF3N2O3/c1-25-13-6-5-11(17)8-12(13)15(24)22-21-14(23)9-3-2-4-10(7-9)16(18,19)20/h5-6,8-10H,2-4,7H2,1H3,(H,21,23)(H,22,24)/t9-,10-/m0/s1. The Morgan fingerprint density at radius 3 is 2.60 bits per heavy atom. The summed E-state index contributed by atoms with van der Waals surface area (Å²) in [5.41, 5.74) is 4.49. The average Bonchev–Trinajstić information content (AvgIpc) is 2.58. The zero-order chi connectivity index (χ0) is 18.6. The minimum Gasteiger partial charge on any atom is -0.496 e. The van der Waals surface area contributed by atoms with E-state index in [0.717, 1.165) is 0 Å². The predicted molar refractivity (Wildman–Crippen MR) is 85.1 cm³/mol. The molecule has 0 radical (unpaired) electrons. The summed E-state index contributed by atoms with van der Waals surface area (Å²) in [5.74, 6) is -3.33. The Labute approximate surface area is 147 Å². The van der Waals surface area contributed by atoms with Gasteiger partial charge in [0.25, 0.3) is 5.91 Å². The van der Waals surface area contributed by atoms with Crippen molar-refractivity contribution < 1.29 is 27.5 Å². The van der Waals surface area contributed by atoms with Crippen LogP contribution >= 0.6 is 11.6 Å². The number of carbonyl (C=O) groups is 2. The number of carbonyl (C=O) groups excluding carboxylic acids is 2. The minimum atomic E-state index is -4.31. The first kappa shape index (κ1) is 19.4. The number of alkyl halides is 3. The first-order valence-electron chi connectivity index (χ1n) is 7.72. The molecule has 9 heteroatoms. The van der Waals surface area contributed by atoms with Gasteiger partial charge in [0, 0.05) is 10.9 Å². The van der Waals surface area contributed by atoms with Crippen LogP contribution in [0.25, 0.3) is 0 Å². The molecular weight excluding hydrogens is 361 g/mol. The topological polar surface area (TPSA) is 67.4 Å². The summed E-state index contributed by atoms with van der Waals surface area (Å²) in [7, 11) is 1.37. The van der Waals surface area contributed by atoms with E-state index in [4.69, 9.17) is 16.3 Å². The van der Waals surface area contributed by atoms with Gasteiger partial charge in [-0.25, -0.2) is 0 Å². The number of nitrogens with one attached hydrogen (secondary N) is 2. The number of methoxy groups -OCH3 is 1. The van der Waals surface area contributed by atoms with Crippen molar-refractivity contribution in [3.05, 3.63) is 28.8 Å². The monoisotopic (exact) mass is 378 g/mol. The van der Waals surface area contributed by atoms with Crippen molar-refractivity contribution >= 4 is 23.4 Å². The van der Waals surface area contributed by atoms with Gasteiger partial charge in [-0.3, -0.25) is 20.4 Å². The van der Waals surface area contributed by atoms with Crippen molar-refractivity contribution in [2.45, 2.75) is 31.9 Å². The predicted octanol–water partition coefficient (Wildman–Crippen LogP) is 3.48. The number of hydrazine groups is 1. The first-order valence-corrected chi connectivity index (χ1v) is 8.10. The molecule has 0 aromatic heterocycles. The highest BCUT2D eigenvalue weighted by molar-refractivity contribution is 6.31. The average molecular weight is 379 g/mol. The van der Waals surface area contributed by atoms with Gasteiger partial charge < -0.3 is 4.74 Å². The lowest BCUT2D eigenvalue weighted by Gasteiger charge is -2.29. The molecule has 2 amide bonds. The molecule has 0 heterocycles. The van der Waals surface area contributed by atoms with Crippen LogP contribution in [0, 0.1) is 11.8 Å². The van der Waals surface area contributed by atoms with Gasteiger partial charge in [-0.15, -0.1) is 0 Å². The van der Waals surface area contributed by atoms with Crippen LogP contribution in [0.3, 0.4) is 0 Å². The van der Waals surface area contributed by atoms with Gasteiger partial charge >= 0.3 is 6.18 Å². The van der Waals surface area contributed by atoms with Crippen molar-refractivity contribution in [1.29, 1.82) is 0 Å². The van der Waals surface area contributed by atoms with Crippen molar-refractivity contribution in [3.63, 3.8) is 0 Å². The third-order valence-electron chi connectivity index (χ3n) is 4.21. The summed E-state index contributed by atoms with van der Waals surface area (Å²) in [4.78, 5) is 24.2. The van der Waals surface area contributed by atoms with Crippen molar-refractivity contribution in [3.8, 4) is 5.75 Å². The number of benzene rings is 1. The smallest absolute Gasteiger partial charge is 0.391 e. The van der Waals surface area contributed by atoms with Crippen LogP contribution in [0.5, 0.6) is 5.75 Å².